The minimum atomic E-state index is -4.59. The van der Waals surface area contributed by atoms with Crippen LogP contribution < -0.4 is 9.80 Å². The van der Waals surface area contributed by atoms with Crippen LogP contribution in [0.4, 0.5) is 81.1 Å². The van der Waals surface area contributed by atoms with Crippen molar-refractivity contribution in [1.29, 1.82) is 0 Å². The van der Waals surface area contributed by atoms with Crippen LogP contribution in [0.25, 0.3) is 32.9 Å². The van der Waals surface area contributed by atoms with Crippen molar-refractivity contribution >= 4 is 50.2 Å². The number of aromatic amines is 1. The Balaban J connectivity index is 1.01. The maximum Gasteiger partial charge on any atom is 0.416 e. The molecule has 0 bridgehead atoms. The lowest BCUT2D eigenvalue weighted by molar-refractivity contribution is -0.138. The third kappa shape index (κ3) is 9.16. The van der Waals surface area contributed by atoms with E-state index in [9.17, 15) is 52.7 Å². The van der Waals surface area contributed by atoms with E-state index in [4.69, 9.17) is 0 Å². The molecule has 3 nitrogen and oxygen atoms in total. The topological polar surface area (TPSA) is 22.3 Å². The van der Waals surface area contributed by atoms with Crippen molar-refractivity contribution in [3.05, 3.63) is 209 Å². The van der Waals surface area contributed by atoms with Gasteiger partial charge in [0.2, 0.25) is 0 Å². The molecule has 15 heteroatoms. The molecule has 0 fully saturated rings. The maximum absolute atomic E-state index is 13.5. The van der Waals surface area contributed by atoms with Gasteiger partial charge in [0, 0.05) is 61.9 Å². The number of nitrogens with zero attached hydrogens (tertiary/aromatic N) is 2. The lowest BCUT2D eigenvalue weighted by atomic mass is 9.82. The zero-order chi connectivity index (χ0) is 48.3. The Bertz CT molecular complexity index is 3040. The molecule has 0 saturated heterocycles. The number of allylic oxidation sites excluding steroid dienone is 3. The van der Waals surface area contributed by atoms with Crippen molar-refractivity contribution in [1.82, 2.24) is 4.98 Å². The van der Waals surface area contributed by atoms with Crippen molar-refractivity contribution in [3.8, 4) is 11.1 Å². The predicted octanol–water partition coefficient (Wildman–Crippen LogP) is 17.5. The van der Waals surface area contributed by atoms with E-state index in [1.807, 2.05) is 61.5 Å². The van der Waals surface area contributed by atoms with E-state index in [1.54, 1.807) is 28.0 Å². The zero-order valence-electron chi connectivity index (χ0n) is 35.3. The zero-order valence-corrected chi connectivity index (χ0v) is 35.3. The maximum atomic E-state index is 13.5. The molecule has 1 aliphatic rings. The van der Waals surface area contributed by atoms with Crippen LogP contribution in [-0.4, -0.2) is 4.98 Å². The van der Waals surface area contributed by atoms with Crippen LogP contribution in [0.2, 0.25) is 0 Å². The summed E-state index contributed by atoms with van der Waals surface area (Å²) in [6.07, 6.45) is -12.7. The molecule has 1 N–H and O–H groups in total. The van der Waals surface area contributed by atoms with Crippen LogP contribution in [-0.2, 0) is 24.7 Å². The summed E-state index contributed by atoms with van der Waals surface area (Å²) in [5.74, 6) is -0.342. The second-order valence-corrected chi connectivity index (χ2v) is 16.4. The van der Waals surface area contributed by atoms with E-state index in [0.29, 0.717) is 34.1 Å². The standard InChI is InChI=1S/C53H35F12N3/c1-31-28-44(68(42-20-10-37(11-21-42)52(60,61)62)43-22-12-38(13-23-43)53(63,64)65)24-25-45(31)34-5-27-49-47(30-34)46-29-33(4-26-48(46)66-49)32-2-14-39(15-3-32)67(40-16-6-35(7-17-40)50(54,55)56)41-18-8-36(9-19-41)51(57,58)59/h2-31,45,66H,1H3. The highest BCUT2D eigenvalue weighted by atomic mass is 19.4. The Kier molecular flexibility index (Phi) is 11.4. The second-order valence-electron chi connectivity index (χ2n) is 16.4. The molecule has 9 rings (SSSR count). The summed E-state index contributed by atoms with van der Waals surface area (Å²) in [7, 11) is 0. The van der Waals surface area contributed by atoms with Gasteiger partial charge in [-0.2, -0.15) is 52.7 Å². The summed E-state index contributed by atoms with van der Waals surface area (Å²) < 4.78 is 162. The van der Waals surface area contributed by atoms with Gasteiger partial charge in [-0.05, 0) is 162 Å². The molecular weight excluding hydrogens is 907 g/mol. The normalized spacial score (nSPS) is 15.8. The minimum Gasteiger partial charge on any atom is -0.355 e. The molecule has 346 valence electrons. The minimum absolute atomic E-state index is 0.164. The SMILES string of the molecule is CC1C=C(N(c2ccc(C(F)(F)F)cc2)c2ccc(C(F)(F)F)cc2)C=CC1c1ccc2[nH]c3ccc(-c4ccc(N(c5ccc(C(F)(F)F)cc5)c5ccc(C(F)(F)F)cc5)cc4)cc3c2c1. The molecule has 68 heavy (non-hydrogen) atoms. The van der Waals surface area contributed by atoms with Crippen molar-refractivity contribution in [2.75, 3.05) is 9.80 Å². The Labute approximate surface area is 380 Å². The molecule has 0 radical (unpaired) electrons. The smallest absolute Gasteiger partial charge is 0.355 e. The fourth-order valence-electron chi connectivity index (χ4n) is 8.57. The first-order chi connectivity index (χ1) is 32.1. The van der Waals surface area contributed by atoms with Crippen molar-refractivity contribution in [2.45, 2.75) is 37.5 Å². The molecule has 1 heterocycles. The first kappa shape index (κ1) is 45.7. The number of rotatable bonds is 8. The molecule has 0 amide bonds. The number of hydrogen-bond acceptors (Lipinski definition) is 2. The molecule has 0 saturated carbocycles. The molecule has 8 aromatic rings. The van der Waals surface area contributed by atoms with Crippen LogP contribution in [0.15, 0.2) is 182 Å². The van der Waals surface area contributed by atoms with Crippen LogP contribution in [0, 0.1) is 5.92 Å². The molecule has 0 spiro atoms. The summed E-state index contributed by atoms with van der Waals surface area (Å²) in [4.78, 5) is 6.62. The van der Waals surface area contributed by atoms with Gasteiger partial charge in [0.05, 0.1) is 22.3 Å². The highest BCUT2D eigenvalue weighted by molar-refractivity contribution is 6.08. The number of halogens is 12. The third-order valence-corrected chi connectivity index (χ3v) is 12.0. The summed E-state index contributed by atoms with van der Waals surface area (Å²) >= 11 is 0. The van der Waals surface area contributed by atoms with Crippen LogP contribution >= 0.6 is 0 Å². The Morgan fingerprint density at radius 2 is 0.750 bits per heavy atom. The van der Waals surface area contributed by atoms with Crippen LogP contribution in [0.1, 0.15) is 40.7 Å². The average Bonchev–Trinajstić information content (AvgIpc) is 3.66. The molecule has 0 aliphatic heterocycles. The van der Waals surface area contributed by atoms with Gasteiger partial charge in [-0.3, -0.25) is 0 Å². The number of benzene rings is 7. The van der Waals surface area contributed by atoms with Gasteiger partial charge in [0.25, 0.3) is 0 Å². The van der Waals surface area contributed by atoms with Gasteiger partial charge in [0.1, 0.15) is 0 Å². The fourth-order valence-corrected chi connectivity index (χ4v) is 8.57. The quantitative estimate of drug-likeness (QED) is 0.153. The fraction of sp³-hybridized carbons (Fsp3) is 0.132. The number of nitrogens with one attached hydrogen (secondary N) is 1. The van der Waals surface area contributed by atoms with E-state index in [0.717, 1.165) is 87.0 Å². The first-order valence-corrected chi connectivity index (χ1v) is 21.0. The Hall–Kier alpha value is -7.42. The number of fused-ring (bicyclic) bond motifs is 3. The van der Waals surface area contributed by atoms with E-state index in [2.05, 4.69) is 11.1 Å². The summed E-state index contributed by atoms with van der Waals surface area (Å²) in [6, 6.07) is 36.5. The van der Waals surface area contributed by atoms with Gasteiger partial charge in [-0.25, -0.2) is 0 Å². The van der Waals surface area contributed by atoms with Gasteiger partial charge in [0.15, 0.2) is 0 Å². The lowest BCUT2D eigenvalue weighted by Gasteiger charge is -2.31. The number of hydrogen-bond donors (Lipinski definition) is 1. The van der Waals surface area contributed by atoms with Crippen LogP contribution in [0.5, 0.6) is 0 Å². The van der Waals surface area contributed by atoms with Crippen molar-refractivity contribution in [2.24, 2.45) is 5.92 Å². The molecule has 2 unspecified atom stereocenters. The number of aromatic nitrogens is 1. The molecule has 2 atom stereocenters. The van der Waals surface area contributed by atoms with Gasteiger partial charge in [-0.15, -0.1) is 0 Å². The largest absolute Gasteiger partial charge is 0.416 e. The first-order valence-electron chi connectivity index (χ1n) is 21.0. The summed E-state index contributed by atoms with van der Waals surface area (Å²) in [5.41, 5.74) is 3.07. The lowest BCUT2D eigenvalue weighted by Crippen LogP contribution is -2.20. The number of anilines is 5. The van der Waals surface area contributed by atoms with Gasteiger partial charge >= 0.3 is 24.7 Å². The highest BCUT2D eigenvalue weighted by Crippen LogP contribution is 2.43. The van der Waals surface area contributed by atoms with E-state index in [1.165, 1.54) is 48.5 Å². The van der Waals surface area contributed by atoms with Crippen LogP contribution in [0.3, 0.4) is 0 Å². The second kappa shape index (κ2) is 17.0. The van der Waals surface area contributed by atoms with E-state index in [-0.39, 0.29) is 11.8 Å². The molecule has 1 aromatic heterocycles. The third-order valence-electron chi connectivity index (χ3n) is 12.0. The van der Waals surface area contributed by atoms with Crippen molar-refractivity contribution in [3.63, 3.8) is 0 Å². The molecule has 7 aromatic carbocycles. The predicted molar refractivity (Wildman–Crippen MR) is 240 cm³/mol. The Morgan fingerprint density at radius 3 is 1.15 bits per heavy atom. The summed E-state index contributed by atoms with van der Waals surface area (Å²) in [6.45, 7) is 1.98. The number of alkyl halides is 12. The summed E-state index contributed by atoms with van der Waals surface area (Å²) in [5, 5.41) is 1.82. The average molecular weight is 942 g/mol. The monoisotopic (exact) mass is 941 g/mol. The molecular formula is C53H35F12N3. The Morgan fingerprint density at radius 1 is 0.397 bits per heavy atom. The van der Waals surface area contributed by atoms with E-state index >= 15 is 0 Å². The van der Waals surface area contributed by atoms with Gasteiger partial charge < -0.3 is 14.8 Å². The van der Waals surface area contributed by atoms with E-state index < -0.39 is 47.0 Å². The molecule has 1 aliphatic carbocycles. The van der Waals surface area contributed by atoms with Gasteiger partial charge in [-0.1, -0.05) is 43.3 Å². The van der Waals surface area contributed by atoms with Crippen molar-refractivity contribution < 1.29 is 52.7 Å². The highest BCUT2D eigenvalue weighted by Gasteiger charge is 2.34. The number of H-pyrrole nitrogens is 1.